The van der Waals surface area contributed by atoms with Crippen LogP contribution < -0.4 is 0 Å². The first-order valence-electron chi connectivity index (χ1n) is 7.59. The molecule has 0 saturated carbocycles. The Morgan fingerprint density at radius 3 is 2.81 bits per heavy atom. The topological polar surface area (TPSA) is 37.4 Å². The van der Waals surface area contributed by atoms with E-state index in [1.807, 2.05) is 23.1 Å². The molecule has 1 aromatic carbocycles. The molecule has 1 aromatic rings. The molecule has 21 heavy (non-hydrogen) atoms. The van der Waals surface area contributed by atoms with Gasteiger partial charge < -0.3 is 4.90 Å². The summed E-state index contributed by atoms with van der Waals surface area (Å²) in [6.45, 7) is 2.36. The van der Waals surface area contributed by atoms with E-state index in [4.69, 9.17) is 11.6 Å². The number of rotatable bonds is 4. The molecule has 1 heterocycles. The number of Topliss-reactive ketones (excluding diaryl/α,β-unsaturated/α-hetero) is 1. The van der Waals surface area contributed by atoms with Crippen LogP contribution in [0.3, 0.4) is 0 Å². The van der Waals surface area contributed by atoms with E-state index in [2.05, 4.69) is 0 Å². The van der Waals surface area contributed by atoms with Crippen LogP contribution in [-0.4, -0.2) is 29.2 Å². The Labute approximate surface area is 131 Å². The third-order valence-electron chi connectivity index (χ3n) is 3.96. The quantitative estimate of drug-likeness (QED) is 0.851. The SMILES string of the molecule is CC(=O)CC1CCCCCN1C(=O)Cc1cccc(Cl)c1. The van der Waals surface area contributed by atoms with Gasteiger partial charge in [0.05, 0.1) is 6.42 Å². The van der Waals surface area contributed by atoms with Crippen molar-refractivity contribution in [2.24, 2.45) is 0 Å². The number of nitrogens with zero attached hydrogens (tertiary/aromatic N) is 1. The van der Waals surface area contributed by atoms with Crippen molar-refractivity contribution in [2.45, 2.75) is 51.5 Å². The van der Waals surface area contributed by atoms with Crippen molar-refractivity contribution in [1.82, 2.24) is 4.90 Å². The van der Waals surface area contributed by atoms with Gasteiger partial charge in [-0.05, 0) is 37.5 Å². The maximum Gasteiger partial charge on any atom is 0.227 e. The van der Waals surface area contributed by atoms with Crippen molar-refractivity contribution >= 4 is 23.3 Å². The number of hydrogen-bond acceptors (Lipinski definition) is 2. The largest absolute Gasteiger partial charge is 0.339 e. The van der Waals surface area contributed by atoms with Crippen molar-refractivity contribution < 1.29 is 9.59 Å². The van der Waals surface area contributed by atoms with Crippen molar-refractivity contribution in [3.63, 3.8) is 0 Å². The molecule has 0 radical (unpaired) electrons. The molecule has 2 rings (SSSR count). The summed E-state index contributed by atoms with van der Waals surface area (Å²) in [5.74, 6) is 0.257. The number of likely N-dealkylation sites (tertiary alicyclic amines) is 1. The van der Waals surface area contributed by atoms with Crippen LogP contribution in [0.1, 0.15) is 44.6 Å². The molecular weight excluding hydrogens is 286 g/mol. The van der Waals surface area contributed by atoms with Gasteiger partial charge >= 0.3 is 0 Å². The van der Waals surface area contributed by atoms with Gasteiger partial charge in [0.2, 0.25) is 5.91 Å². The zero-order valence-corrected chi connectivity index (χ0v) is 13.2. The lowest BCUT2D eigenvalue weighted by molar-refractivity contribution is -0.133. The van der Waals surface area contributed by atoms with Crippen LogP contribution in [-0.2, 0) is 16.0 Å². The van der Waals surface area contributed by atoms with Crippen molar-refractivity contribution in [3.8, 4) is 0 Å². The molecule has 1 saturated heterocycles. The van der Waals surface area contributed by atoms with Gasteiger partial charge in [-0.25, -0.2) is 0 Å². The Bertz CT molecular complexity index is 515. The lowest BCUT2D eigenvalue weighted by atomic mass is 10.0. The third-order valence-corrected chi connectivity index (χ3v) is 4.20. The van der Waals surface area contributed by atoms with Gasteiger partial charge in [0.15, 0.2) is 0 Å². The fourth-order valence-electron chi connectivity index (χ4n) is 2.97. The Morgan fingerprint density at radius 2 is 2.10 bits per heavy atom. The predicted octanol–water partition coefficient (Wildman–Crippen LogP) is 3.63. The summed E-state index contributed by atoms with van der Waals surface area (Å²) in [7, 11) is 0. The number of carbonyl (C=O) groups excluding carboxylic acids is 2. The Morgan fingerprint density at radius 1 is 1.29 bits per heavy atom. The van der Waals surface area contributed by atoms with Crippen LogP contribution in [0, 0.1) is 0 Å². The van der Waals surface area contributed by atoms with Crippen LogP contribution >= 0.6 is 11.6 Å². The number of benzene rings is 1. The third kappa shape index (κ3) is 4.85. The van der Waals surface area contributed by atoms with Crippen LogP contribution in [0.25, 0.3) is 0 Å². The van der Waals surface area contributed by atoms with Crippen molar-refractivity contribution in [1.29, 1.82) is 0 Å². The average molecular weight is 308 g/mol. The molecule has 3 nitrogen and oxygen atoms in total. The van der Waals surface area contributed by atoms with Gasteiger partial charge in [-0.1, -0.05) is 36.6 Å². The van der Waals surface area contributed by atoms with Gasteiger partial charge in [0.1, 0.15) is 5.78 Å². The summed E-state index contributed by atoms with van der Waals surface area (Å²) >= 11 is 5.97. The molecule has 0 bridgehead atoms. The van der Waals surface area contributed by atoms with Crippen molar-refractivity contribution in [2.75, 3.05) is 6.54 Å². The Balaban J connectivity index is 2.08. The second-order valence-corrected chi connectivity index (χ2v) is 6.24. The fraction of sp³-hybridized carbons (Fsp3) is 0.529. The monoisotopic (exact) mass is 307 g/mol. The van der Waals surface area contributed by atoms with Gasteiger partial charge in [-0.3, -0.25) is 9.59 Å². The maximum atomic E-state index is 12.6. The zero-order valence-electron chi connectivity index (χ0n) is 12.5. The van der Waals surface area contributed by atoms with Gasteiger partial charge in [0.25, 0.3) is 0 Å². The van der Waals surface area contributed by atoms with E-state index < -0.39 is 0 Å². The first kappa shape index (κ1) is 16.0. The van der Waals surface area contributed by atoms with E-state index in [9.17, 15) is 9.59 Å². The molecule has 1 atom stereocenters. The standard InChI is InChI=1S/C17H22ClNO2/c1-13(20)10-16-8-3-2-4-9-19(16)17(21)12-14-6-5-7-15(18)11-14/h5-7,11,16H,2-4,8-10,12H2,1H3. The van der Waals surface area contributed by atoms with E-state index in [0.717, 1.165) is 37.8 Å². The average Bonchev–Trinajstić information content (AvgIpc) is 2.63. The summed E-state index contributed by atoms with van der Waals surface area (Å²) in [6.07, 6.45) is 5.01. The normalized spacial score (nSPS) is 19.1. The fourth-order valence-corrected chi connectivity index (χ4v) is 3.19. The minimum Gasteiger partial charge on any atom is -0.339 e. The molecule has 0 aromatic heterocycles. The highest BCUT2D eigenvalue weighted by molar-refractivity contribution is 6.30. The first-order valence-corrected chi connectivity index (χ1v) is 7.97. The number of ketones is 1. The number of halogens is 1. The highest BCUT2D eigenvalue weighted by Gasteiger charge is 2.26. The van der Waals surface area contributed by atoms with Gasteiger partial charge in [-0.2, -0.15) is 0 Å². The van der Waals surface area contributed by atoms with Crippen LogP contribution in [0.4, 0.5) is 0 Å². The summed E-state index contributed by atoms with van der Waals surface area (Å²) in [6, 6.07) is 7.48. The van der Waals surface area contributed by atoms with Gasteiger partial charge in [0, 0.05) is 24.0 Å². The number of hydrogen-bond donors (Lipinski definition) is 0. The maximum absolute atomic E-state index is 12.6. The van der Waals surface area contributed by atoms with Gasteiger partial charge in [-0.15, -0.1) is 0 Å². The predicted molar refractivity (Wildman–Crippen MR) is 84.4 cm³/mol. The molecule has 114 valence electrons. The summed E-state index contributed by atoms with van der Waals surface area (Å²) in [4.78, 5) is 25.9. The second-order valence-electron chi connectivity index (χ2n) is 5.80. The first-order chi connectivity index (χ1) is 10.1. The molecule has 1 fully saturated rings. The highest BCUT2D eigenvalue weighted by Crippen LogP contribution is 2.21. The lowest BCUT2D eigenvalue weighted by Gasteiger charge is -2.29. The summed E-state index contributed by atoms with van der Waals surface area (Å²) in [5, 5.41) is 0.649. The highest BCUT2D eigenvalue weighted by atomic mass is 35.5. The van der Waals surface area contributed by atoms with Crippen LogP contribution in [0.2, 0.25) is 5.02 Å². The second kappa shape index (κ2) is 7.60. The molecule has 0 aliphatic carbocycles. The smallest absolute Gasteiger partial charge is 0.227 e. The zero-order chi connectivity index (χ0) is 15.2. The molecule has 4 heteroatoms. The van der Waals surface area contributed by atoms with Crippen LogP contribution in [0.15, 0.2) is 24.3 Å². The van der Waals surface area contributed by atoms with Crippen molar-refractivity contribution in [3.05, 3.63) is 34.9 Å². The van der Waals surface area contributed by atoms with E-state index in [0.29, 0.717) is 17.9 Å². The van der Waals surface area contributed by atoms with E-state index in [1.165, 1.54) is 0 Å². The number of amides is 1. The lowest BCUT2D eigenvalue weighted by Crippen LogP contribution is -2.41. The summed E-state index contributed by atoms with van der Waals surface area (Å²) in [5.41, 5.74) is 0.929. The Kier molecular flexibility index (Phi) is 5.80. The molecule has 1 aliphatic rings. The molecule has 0 spiro atoms. The summed E-state index contributed by atoms with van der Waals surface area (Å²) < 4.78 is 0. The van der Waals surface area contributed by atoms with Crippen LogP contribution in [0.5, 0.6) is 0 Å². The minimum absolute atomic E-state index is 0.0664. The molecule has 1 unspecified atom stereocenters. The van der Waals surface area contributed by atoms with E-state index >= 15 is 0 Å². The van der Waals surface area contributed by atoms with E-state index in [-0.39, 0.29) is 17.7 Å². The van der Waals surface area contributed by atoms with E-state index in [1.54, 1.807) is 13.0 Å². The molecular formula is C17H22ClNO2. The minimum atomic E-state index is 0.0664. The molecule has 1 aliphatic heterocycles. The Hall–Kier alpha value is -1.35. The molecule has 1 amide bonds. The number of carbonyl (C=O) groups is 2. The molecule has 0 N–H and O–H groups in total.